The molecule has 5 rings (SSSR count). The van der Waals surface area contributed by atoms with E-state index in [1.165, 1.54) is 12.8 Å². The van der Waals surface area contributed by atoms with E-state index in [2.05, 4.69) is 26.8 Å². The molecule has 0 amide bonds. The predicted molar refractivity (Wildman–Crippen MR) is 142 cm³/mol. The van der Waals surface area contributed by atoms with Crippen molar-refractivity contribution in [1.82, 2.24) is 0 Å². The fraction of sp³-hybridized carbons (Fsp3) is 0.613. The highest BCUT2D eigenvalue weighted by molar-refractivity contribution is 5.41. The number of hydrogen-bond acceptors (Lipinski definition) is 6. The summed E-state index contributed by atoms with van der Waals surface area (Å²) < 4.78 is 37.1. The monoisotopic (exact) mass is 510 g/mol. The van der Waals surface area contributed by atoms with Gasteiger partial charge in [-0.3, -0.25) is 0 Å². The number of rotatable bonds is 11. The second-order valence-electron chi connectivity index (χ2n) is 11.5. The molecule has 37 heavy (non-hydrogen) atoms. The fourth-order valence-corrected chi connectivity index (χ4v) is 7.44. The topological polar surface area (TPSA) is 55.4 Å². The van der Waals surface area contributed by atoms with Gasteiger partial charge < -0.3 is 28.4 Å². The Bertz CT molecular complexity index is 1070. The second-order valence-corrected chi connectivity index (χ2v) is 11.5. The van der Waals surface area contributed by atoms with Gasteiger partial charge in [0.25, 0.3) is 0 Å². The molecule has 6 heteroatoms. The van der Waals surface area contributed by atoms with Crippen LogP contribution in [0.3, 0.4) is 0 Å². The zero-order chi connectivity index (χ0) is 26.2. The third-order valence-electron chi connectivity index (χ3n) is 9.72. The van der Waals surface area contributed by atoms with Gasteiger partial charge in [-0.2, -0.15) is 0 Å². The van der Waals surface area contributed by atoms with E-state index in [1.54, 1.807) is 21.3 Å². The van der Waals surface area contributed by atoms with Crippen LogP contribution in [-0.4, -0.2) is 46.9 Å². The first-order valence-electron chi connectivity index (χ1n) is 13.5. The highest BCUT2D eigenvalue weighted by Crippen LogP contribution is 2.71. The van der Waals surface area contributed by atoms with Crippen molar-refractivity contribution in [3.8, 4) is 11.5 Å². The smallest absolute Gasteiger partial charge is 0.159 e. The summed E-state index contributed by atoms with van der Waals surface area (Å²) in [4.78, 5) is 0. The van der Waals surface area contributed by atoms with Crippen molar-refractivity contribution < 1.29 is 28.4 Å². The number of benzene rings is 2. The summed E-state index contributed by atoms with van der Waals surface area (Å²) >= 11 is 0. The van der Waals surface area contributed by atoms with Crippen LogP contribution in [0.4, 0.5) is 0 Å². The number of fused-ring (bicyclic) bond motifs is 5. The lowest BCUT2D eigenvalue weighted by atomic mass is 9.70. The van der Waals surface area contributed by atoms with Gasteiger partial charge in [-0.15, -0.1) is 0 Å². The van der Waals surface area contributed by atoms with Crippen molar-refractivity contribution >= 4 is 0 Å². The Morgan fingerprint density at radius 3 is 2.08 bits per heavy atom. The Balaban J connectivity index is 1.50. The maximum absolute atomic E-state index is 6.94. The number of ether oxygens (including phenoxy) is 6. The van der Waals surface area contributed by atoms with Gasteiger partial charge >= 0.3 is 0 Å². The molecule has 0 unspecified atom stereocenters. The third kappa shape index (κ3) is 4.46. The Morgan fingerprint density at radius 2 is 1.49 bits per heavy atom. The maximum Gasteiger partial charge on any atom is 0.159 e. The summed E-state index contributed by atoms with van der Waals surface area (Å²) in [7, 11) is 5.05. The lowest BCUT2D eigenvalue weighted by Gasteiger charge is -2.39. The van der Waals surface area contributed by atoms with Gasteiger partial charge in [0.05, 0.1) is 33.5 Å². The van der Waals surface area contributed by atoms with E-state index in [4.69, 9.17) is 28.4 Å². The summed E-state index contributed by atoms with van der Waals surface area (Å²) in [5.74, 6) is 2.71. The molecule has 2 aliphatic carbocycles. The van der Waals surface area contributed by atoms with Crippen molar-refractivity contribution in [3.63, 3.8) is 0 Å². The van der Waals surface area contributed by atoms with E-state index in [1.807, 2.05) is 42.5 Å². The standard InChI is InChI=1S/C31H42O6/c1-30(2)23-15-16-31(30,3)29-22(23)19-26(37-29)36-28(21-12-8-10-14-25(21)34-6)27(35-18-17-32-4)20-11-7-9-13-24(20)33-5/h7-14,22-23,26-29H,15-19H2,1-6H3/t22-,23-,26-,27+,28-,29-,31+/m1/s1. The van der Waals surface area contributed by atoms with Crippen LogP contribution in [0.2, 0.25) is 0 Å². The summed E-state index contributed by atoms with van der Waals surface area (Å²) in [6.45, 7) is 8.18. The molecule has 2 aromatic rings. The van der Waals surface area contributed by atoms with Gasteiger partial charge in [-0.25, -0.2) is 0 Å². The van der Waals surface area contributed by atoms with E-state index >= 15 is 0 Å². The van der Waals surface area contributed by atoms with Crippen LogP contribution < -0.4 is 9.47 Å². The van der Waals surface area contributed by atoms with Gasteiger partial charge in [0.1, 0.15) is 23.7 Å². The van der Waals surface area contributed by atoms with Gasteiger partial charge in [-0.1, -0.05) is 57.2 Å². The summed E-state index contributed by atoms with van der Waals surface area (Å²) in [6.07, 6.45) is 2.39. The molecule has 3 fully saturated rings. The molecule has 2 saturated carbocycles. The predicted octanol–water partition coefficient (Wildman–Crippen LogP) is 6.35. The highest BCUT2D eigenvalue weighted by Gasteiger charge is 2.69. The summed E-state index contributed by atoms with van der Waals surface area (Å²) in [6, 6.07) is 16.0. The third-order valence-corrected chi connectivity index (χ3v) is 9.72. The summed E-state index contributed by atoms with van der Waals surface area (Å²) in [5, 5.41) is 0. The lowest BCUT2D eigenvalue weighted by Crippen LogP contribution is -2.38. The molecular weight excluding hydrogens is 468 g/mol. The Labute approximate surface area is 221 Å². The normalized spacial score (nSPS) is 31.2. The minimum atomic E-state index is -0.466. The van der Waals surface area contributed by atoms with Crippen LogP contribution >= 0.6 is 0 Å². The lowest BCUT2D eigenvalue weighted by molar-refractivity contribution is -0.213. The van der Waals surface area contributed by atoms with Crippen LogP contribution in [0.15, 0.2) is 48.5 Å². The minimum absolute atomic E-state index is 0.178. The molecule has 0 spiro atoms. The average Bonchev–Trinajstić information content (AvgIpc) is 3.48. The first-order valence-corrected chi connectivity index (χ1v) is 13.5. The van der Waals surface area contributed by atoms with Gasteiger partial charge in [0.2, 0.25) is 0 Å². The molecule has 7 atom stereocenters. The molecule has 6 nitrogen and oxygen atoms in total. The van der Waals surface area contributed by atoms with Crippen LogP contribution in [-0.2, 0) is 18.9 Å². The van der Waals surface area contributed by atoms with Crippen LogP contribution in [0.1, 0.15) is 63.4 Å². The number of hydrogen-bond donors (Lipinski definition) is 0. The molecule has 2 aromatic carbocycles. The molecule has 0 N–H and O–H groups in total. The van der Waals surface area contributed by atoms with Crippen molar-refractivity contribution in [1.29, 1.82) is 0 Å². The molecule has 202 valence electrons. The zero-order valence-corrected chi connectivity index (χ0v) is 23.1. The number of methoxy groups -OCH3 is 3. The maximum atomic E-state index is 6.94. The molecule has 2 bridgehead atoms. The fourth-order valence-electron chi connectivity index (χ4n) is 7.44. The molecular formula is C31H42O6. The second kappa shape index (κ2) is 10.6. The van der Waals surface area contributed by atoms with Crippen molar-refractivity contribution in [2.45, 2.75) is 64.6 Å². The van der Waals surface area contributed by atoms with Crippen LogP contribution in [0, 0.1) is 22.7 Å². The molecule has 1 heterocycles. The first-order chi connectivity index (χ1) is 17.9. The molecule has 1 saturated heterocycles. The Hall–Kier alpha value is -2.12. The first kappa shape index (κ1) is 26.5. The van der Waals surface area contributed by atoms with Gasteiger partial charge in [0, 0.05) is 24.7 Å². The van der Waals surface area contributed by atoms with E-state index in [-0.39, 0.29) is 17.8 Å². The minimum Gasteiger partial charge on any atom is -0.496 e. The average molecular weight is 511 g/mol. The Morgan fingerprint density at radius 1 is 0.865 bits per heavy atom. The largest absolute Gasteiger partial charge is 0.496 e. The van der Waals surface area contributed by atoms with E-state index in [0.29, 0.717) is 30.5 Å². The quantitative estimate of drug-likeness (QED) is 0.328. The van der Waals surface area contributed by atoms with Crippen LogP contribution in [0.25, 0.3) is 0 Å². The highest BCUT2D eigenvalue weighted by atomic mass is 16.7. The SMILES string of the molecule is COCCO[C@@H](c1ccccc1OC)[C@H](O[C@H]1C[C@@H]2[C@H]3CC[C@@](C)([C@@H]2O1)C3(C)C)c1ccccc1OC. The molecule has 0 radical (unpaired) electrons. The van der Waals surface area contributed by atoms with Crippen molar-refractivity contribution in [3.05, 3.63) is 59.7 Å². The van der Waals surface area contributed by atoms with E-state index < -0.39 is 12.2 Å². The van der Waals surface area contributed by atoms with E-state index in [9.17, 15) is 0 Å². The molecule has 0 aromatic heterocycles. The van der Waals surface area contributed by atoms with E-state index in [0.717, 1.165) is 29.0 Å². The zero-order valence-electron chi connectivity index (χ0n) is 23.1. The molecule has 3 aliphatic rings. The molecule has 1 aliphatic heterocycles. The van der Waals surface area contributed by atoms with Crippen molar-refractivity contribution in [2.24, 2.45) is 22.7 Å². The number of para-hydroxylation sites is 2. The Kier molecular flexibility index (Phi) is 7.56. The van der Waals surface area contributed by atoms with Gasteiger partial charge in [-0.05, 0) is 47.6 Å². The van der Waals surface area contributed by atoms with Crippen molar-refractivity contribution in [2.75, 3.05) is 34.5 Å². The van der Waals surface area contributed by atoms with Gasteiger partial charge in [0.15, 0.2) is 6.29 Å². The summed E-state index contributed by atoms with van der Waals surface area (Å²) in [5.41, 5.74) is 2.31. The van der Waals surface area contributed by atoms with Crippen LogP contribution in [0.5, 0.6) is 11.5 Å².